The van der Waals surface area contributed by atoms with Crippen molar-refractivity contribution in [2.24, 2.45) is 0 Å². The predicted molar refractivity (Wildman–Crippen MR) is 135 cm³/mol. The third-order valence-corrected chi connectivity index (χ3v) is 5.66. The van der Waals surface area contributed by atoms with Crippen molar-refractivity contribution in [1.82, 2.24) is 15.1 Å². The number of hydrogen-bond acceptors (Lipinski definition) is 3. The number of carbonyl (C=O) groups is 2. The molecule has 172 valence electrons. The minimum Gasteiger partial charge on any atom is -0.343 e. The Balaban J connectivity index is 1.55. The van der Waals surface area contributed by atoms with Gasteiger partial charge in [0.1, 0.15) is 5.69 Å². The van der Waals surface area contributed by atoms with E-state index in [-0.39, 0.29) is 18.4 Å². The van der Waals surface area contributed by atoms with Crippen molar-refractivity contribution in [2.75, 3.05) is 11.9 Å². The quantitative estimate of drug-likeness (QED) is 0.425. The summed E-state index contributed by atoms with van der Waals surface area (Å²) < 4.78 is 1.69. The number of aryl methyl sites for hydroxylation is 4. The van der Waals surface area contributed by atoms with E-state index in [1.807, 2.05) is 94.4 Å². The molecule has 0 spiro atoms. The van der Waals surface area contributed by atoms with Gasteiger partial charge in [-0.05, 0) is 51.0 Å². The first kappa shape index (κ1) is 23.0. The Bertz CT molecular complexity index is 1320. The second kappa shape index (κ2) is 9.75. The molecule has 0 atom stereocenters. The van der Waals surface area contributed by atoms with Crippen molar-refractivity contribution in [3.8, 4) is 16.9 Å². The van der Waals surface area contributed by atoms with Gasteiger partial charge in [-0.2, -0.15) is 5.10 Å². The lowest BCUT2D eigenvalue weighted by Crippen LogP contribution is -2.33. The van der Waals surface area contributed by atoms with Gasteiger partial charge >= 0.3 is 0 Å². The van der Waals surface area contributed by atoms with Crippen molar-refractivity contribution in [1.29, 1.82) is 0 Å². The van der Waals surface area contributed by atoms with Crippen LogP contribution < -0.4 is 10.6 Å². The van der Waals surface area contributed by atoms with Crippen molar-refractivity contribution in [3.05, 3.63) is 101 Å². The van der Waals surface area contributed by atoms with Crippen LogP contribution in [0.5, 0.6) is 0 Å². The Morgan fingerprint density at radius 2 is 1.50 bits per heavy atom. The summed E-state index contributed by atoms with van der Waals surface area (Å²) in [6, 6.07) is 21.5. The van der Waals surface area contributed by atoms with Gasteiger partial charge in [0, 0.05) is 17.4 Å². The molecule has 0 aliphatic heterocycles. The van der Waals surface area contributed by atoms with Gasteiger partial charge in [0.05, 0.1) is 17.8 Å². The van der Waals surface area contributed by atoms with Crippen LogP contribution >= 0.6 is 0 Å². The van der Waals surface area contributed by atoms with Gasteiger partial charge < -0.3 is 10.6 Å². The van der Waals surface area contributed by atoms with Crippen molar-refractivity contribution >= 4 is 17.5 Å². The van der Waals surface area contributed by atoms with Crippen LogP contribution in [0.25, 0.3) is 16.9 Å². The second-order valence-electron chi connectivity index (χ2n) is 8.54. The summed E-state index contributed by atoms with van der Waals surface area (Å²) in [5.41, 5.74) is 7.68. The van der Waals surface area contributed by atoms with E-state index in [2.05, 4.69) is 15.7 Å². The minimum atomic E-state index is -0.357. The number of nitrogens with zero attached hydrogens (tertiary/aromatic N) is 2. The zero-order valence-corrected chi connectivity index (χ0v) is 19.8. The van der Waals surface area contributed by atoms with E-state index in [1.165, 1.54) is 0 Å². The molecule has 4 rings (SSSR count). The SMILES string of the molecule is Cc1ccc(-n2cc(C(=O)NCC(=O)Nc3c(C)cc(C)cc3C)c(-c3ccccc3)n2)cc1. The smallest absolute Gasteiger partial charge is 0.255 e. The second-order valence-corrected chi connectivity index (χ2v) is 8.54. The summed E-state index contributed by atoms with van der Waals surface area (Å²) >= 11 is 0. The Hall–Kier alpha value is -4.19. The molecule has 4 aromatic rings. The largest absolute Gasteiger partial charge is 0.343 e. The number of rotatable bonds is 6. The fraction of sp³-hybridized carbons (Fsp3) is 0.179. The first-order chi connectivity index (χ1) is 16.3. The number of benzene rings is 3. The molecule has 0 radical (unpaired) electrons. The highest BCUT2D eigenvalue weighted by Crippen LogP contribution is 2.24. The average molecular weight is 453 g/mol. The molecule has 0 aliphatic carbocycles. The summed E-state index contributed by atoms with van der Waals surface area (Å²) in [6.07, 6.45) is 1.70. The Morgan fingerprint density at radius 1 is 0.853 bits per heavy atom. The Labute approximate surface area is 199 Å². The molecule has 0 fully saturated rings. The molecular formula is C28H28N4O2. The van der Waals surface area contributed by atoms with Crippen LogP contribution in [-0.4, -0.2) is 28.1 Å². The first-order valence-corrected chi connectivity index (χ1v) is 11.2. The molecule has 0 saturated carbocycles. The van der Waals surface area contributed by atoms with Gasteiger partial charge in [0.25, 0.3) is 5.91 Å². The summed E-state index contributed by atoms with van der Waals surface area (Å²) in [7, 11) is 0. The summed E-state index contributed by atoms with van der Waals surface area (Å²) in [5, 5.41) is 10.4. The van der Waals surface area contributed by atoms with Gasteiger partial charge in [-0.25, -0.2) is 4.68 Å². The fourth-order valence-corrected chi connectivity index (χ4v) is 4.00. The topological polar surface area (TPSA) is 76.0 Å². The zero-order chi connectivity index (χ0) is 24.2. The van der Waals surface area contributed by atoms with Crippen LogP contribution in [0.1, 0.15) is 32.6 Å². The molecule has 34 heavy (non-hydrogen) atoms. The third-order valence-electron chi connectivity index (χ3n) is 5.66. The number of carbonyl (C=O) groups excluding carboxylic acids is 2. The fourth-order valence-electron chi connectivity index (χ4n) is 4.00. The van der Waals surface area contributed by atoms with Crippen LogP contribution in [0, 0.1) is 27.7 Å². The number of hydrogen-bond donors (Lipinski definition) is 2. The van der Waals surface area contributed by atoms with Crippen LogP contribution in [-0.2, 0) is 4.79 Å². The summed E-state index contributed by atoms with van der Waals surface area (Å²) in [6.45, 7) is 7.81. The van der Waals surface area contributed by atoms with Gasteiger partial charge in [-0.15, -0.1) is 0 Å². The average Bonchev–Trinajstić information content (AvgIpc) is 3.26. The van der Waals surface area contributed by atoms with E-state index >= 15 is 0 Å². The van der Waals surface area contributed by atoms with E-state index in [0.717, 1.165) is 39.2 Å². The van der Waals surface area contributed by atoms with E-state index < -0.39 is 0 Å². The van der Waals surface area contributed by atoms with E-state index in [0.29, 0.717) is 11.3 Å². The highest BCUT2D eigenvalue weighted by Gasteiger charge is 2.19. The Morgan fingerprint density at radius 3 is 2.15 bits per heavy atom. The van der Waals surface area contributed by atoms with Gasteiger partial charge in [-0.3, -0.25) is 9.59 Å². The van der Waals surface area contributed by atoms with Crippen LogP contribution in [0.4, 0.5) is 5.69 Å². The molecule has 6 nitrogen and oxygen atoms in total. The van der Waals surface area contributed by atoms with E-state index in [1.54, 1.807) is 10.9 Å². The normalized spacial score (nSPS) is 10.7. The van der Waals surface area contributed by atoms with Gasteiger partial charge in [0.2, 0.25) is 5.91 Å². The maximum atomic E-state index is 13.1. The molecule has 6 heteroatoms. The molecule has 1 aromatic heterocycles. The molecule has 3 aromatic carbocycles. The zero-order valence-electron chi connectivity index (χ0n) is 19.8. The molecular weight excluding hydrogens is 424 g/mol. The standard InChI is InChI=1S/C28H28N4O2/c1-18-10-12-23(13-11-18)32-17-24(27(31-32)22-8-6-5-7-9-22)28(34)29-16-25(33)30-26-20(3)14-19(2)15-21(26)4/h5-15,17H,16H2,1-4H3,(H,29,34)(H,30,33). The monoisotopic (exact) mass is 452 g/mol. The number of nitrogens with one attached hydrogen (secondary N) is 2. The highest BCUT2D eigenvalue weighted by atomic mass is 16.2. The van der Waals surface area contributed by atoms with Crippen molar-refractivity contribution < 1.29 is 9.59 Å². The molecule has 0 saturated heterocycles. The van der Waals surface area contributed by atoms with Gasteiger partial charge in [-0.1, -0.05) is 65.7 Å². The Kier molecular flexibility index (Phi) is 6.59. The maximum absolute atomic E-state index is 13.1. The van der Waals surface area contributed by atoms with Crippen molar-refractivity contribution in [3.63, 3.8) is 0 Å². The number of anilines is 1. The lowest BCUT2D eigenvalue weighted by atomic mass is 10.1. The molecule has 0 bridgehead atoms. The minimum absolute atomic E-state index is 0.143. The predicted octanol–water partition coefficient (Wildman–Crippen LogP) is 5.14. The lowest BCUT2D eigenvalue weighted by molar-refractivity contribution is -0.115. The maximum Gasteiger partial charge on any atom is 0.255 e. The number of aromatic nitrogens is 2. The molecule has 2 amide bonds. The van der Waals surface area contributed by atoms with E-state index in [9.17, 15) is 9.59 Å². The first-order valence-electron chi connectivity index (χ1n) is 11.2. The third kappa shape index (κ3) is 5.07. The number of amides is 2. The summed E-state index contributed by atoms with van der Waals surface area (Å²) in [5.74, 6) is -0.639. The van der Waals surface area contributed by atoms with Crippen LogP contribution in [0.15, 0.2) is 72.9 Å². The van der Waals surface area contributed by atoms with E-state index in [4.69, 9.17) is 0 Å². The molecule has 0 unspecified atom stereocenters. The highest BCUT2D eigenvalue weighted by molar-refractivity contribution is 6.03. The summed E-state index contributed by atoms with van der Waals surface area (Å²) in [4.78, 5) is 25.7. The van der Waals surface area contributed by atoms with Gasteiger partial charge in [0.15, 0.2) is 0 Å². The molecule has 1 heterocycles. The van der Waals surface area contributed by atoms with Crippen LogP contribution in [0.2, 0.25) is 0 Å². The van der Waals surface area contributed by atoms with Crippen molar-refractivity contribution in [2.45, 2.75) is 27.7 Å². The van der Waals surface area contributed by atoms with Crippen LogP contribution in [0.3, 0.4) is 0 Å². The lowest BCUT2D eigenvalue weighted by Gasteiger charge is -2.13. The molecule has 2 N–H and O–H groups in total. The molecule has 0 aliphatic rings.